The minimum atomic E-state index is -0.170. The van der Waals surface area contributed by atoms with Crippen molar-refractivity contribution >= 4 is 22.7 Å². The number of furan rings is 1. The Hall–Kier alpha value is -3.41. The lowest BCUT2D eigenvalue weighted by atomic mass is 10.2. The Morgan fingerprint density at radius 1 is 1.21 bits per heavy atom. The molecule has 8 heteroatoms. The monoisotopic (exact) mass is 404 g/mol. The van der Waals surface area contributed by atoms with Crippen molar-refractivity contribution in [3.05, 3.63) is 80.9 Å². The maximum absolute atomic E-state index is 13.0. The van der Waals surface area contributed by atoms with Gasteiger partial charge in [-0.05, 0) is 35.7 Å². The molecule has 5 rings (SSSR count). The van der Waals surface area contributed by atoms with E-state index in [1.807, 2.05) is 29.6 Å². The van der Waals surface area contributed by atoms with E-state index >= 15 is 0 Å². The number of imidazole rings is 1. The van der Waals surface area contributed by atoms with Gasteiger partial charge in [0.15, 0.2) is 5.82 Å². The molecule has 136 valence electrons. The van der Waals surface area contributed by atoms with Gasteiger partial charge in [-0.15, -0.1) is 22.7 Å². The Balaban J connectivity index is 1.74. The number of aromatic amines is 1. The van der Waals surface area contributed by atoms with E-state index in [0.29, 0.717) is 28.6 Å². The van der Waals surface area contributed by atoms with E-state index < -0.39 is 0 Å². The van der Waals surface area contributed by atoms with Gasteiger partial charge in [0.1, 0.15) is 28.1 Å². The summed E-state index contributed by atoms with van der Waals surface area (Å²) in [6, 6.07) is 13.4. The van der Waals surface area contributed by atoms with Crippen molar-refractivity contribution < 1.29 is 4.42 Å². The zero-order valence-electron chi connectivity index (χ0n) is 14.4. The van der Waals surface area contributed by atoms with Crippen molar-refractivity contribution in [3.8, 4) is 33.0 Å². The first-order valence-corrected chi connectivity index (χ1v) is 10.1. The maximum atomic E-state index is 13.0. The van der Waals surface area contributed by atoms with Gasteiger partial charge in [-0.25, -0.2) is 4.98 Å². The number of H-pyrrole nitrogens is 1. The van der Waals surface area contributed by atoms with Crippen LogP contribution in [0.15, 0.2) is 63.4 Å². The van der Waals surface area contributed by atoms with Gasteiger partial charge in [0.2, 0.25) is 0 Å². The van der Waals surface area contributed by atoms with Crippen LogP contribution in [-0.4, -0.2) is 14.5 Å². The molecule has 5 heterocycles. The molecule has 0 amide bonds. The van der Waals surface area contributed by atoms with Crippen LogP contribution in [-0.2, 0) is 6.42 Å². The van der Waals surface area contributed by atoms with Crippen molar-refractivity contribution in [1.29, 1.82) is 5.26 Å². The molecule has 3 aromatic heterocycles. The molecule has 0 fully saturated rings. The van der Waals surface area contributed by atoms with E-state index in [4.69, 9.17) is 4.42 Å². The normalized spacial score (nSPS) is 11.1. The van der Waals surface area contributed by atoms with Gasteiger partial charge < -0.3 is 9.40 Å². The summed E-state index contributed by atoms with van der Waals surface area (Å²) in [7, 11) is 0. The highest BCUT2D eigenvalue weighted by Gasteiger charge is 2.22. The predicted molar refractivity (Wildman–Crippen MR) is 108 cm³/mol. The fourth-order valence-corrected chi connectivity index (χ4v) is 4.56. The predicted octanol–water partition coefficient (Wildman–Crippen LogP) is 4.51. The summed E-state index contributed by atoms with van der Waals surface area (Å²) in [5, 5.41) is 11.2. The number of hydrogen-bond donors (Lipinski definition) is 1. The van der Waals surface area contributed by atoms with Crippen LogP contribution in [0.1, 0.15) is 16.3 Å². The van der Waals surface area contributed by atoms with Crippen molar-refractivity contribution in [2.24, 2.45) is 0 Å². The van der Waals surface area contributed by atoms with Crippen LogP contribution in [0.3, 0.4) is 0 Å². The molecule has 28 heavy (non-hydrogen) atoms. The van der Waals surface area contributed by atoms with Crippen LogP contribution in [0.25, 0.3) is 27.0 Å². The molecule has 0 saturated carbocycles. The molecule has 0 saturated heterocycles. The van der Waals surface area contributed by atoms with Crippen molar-refractivity contribution in [2.45, 2.75) is 6.42 Å². The number of thiophene rings is 2. The van der Waals surface area contributed by atoms with E-state index in [0.717, 1.165) is 21.1 Å². The first-order valence-electron chi connectivity index (χ1n) is 8.44. The smallest absolute Gasteiger partial charge is 0.278 e. The summed E-state index contributed by atoms with van der Waals surface area (Å²) in [5.74, 6) is 1.23. The quantitative estimate of drug-likeness (QED) is 0.477. The number of nitrogens with one attached hydrogen (secondary N) is 1. The highest BCUT2D eigenvalue weighted by atomic mass is 32.1. The second-order valence-electron chi connectivity index (χ2n) is 6.11. The standard InChI is InChI=1S/C20H12N4O2S2/c21-10-13-5-6-17(28-13)18-19-23-14(9-12-3-1-7-26-12)20(25)24(19)11-15(22-18)16-4-2-8-27-16/h1-8,11,22H,9H2. The Labute approximate surface area is 167 Å². The third-order valence-corrected chi connectivity index (χ3v) is 6.26. The van der Waals surface area contributed by atoms with Crippen molar-refractivity contribution in [3.63, 3.8) is 0 Å². The van der Waals surface area contributed by atoms with E-state index in [-0.39, 0.29) is 5.56 Å². The Bertz CT molecular complexity index is 1320. The molecule has 0 unspecified atom stereocenters. The van der Waals surface area contributed by atoms with Crippen LogP contribution in [0.4, 0.5) is 0 Å². The van der Waals surface area contributed by atoms with E-state index in [2.05, 4.69) is 16.0 Å². The molecular formula is C20H12N4O2S2. The lowest BCUT2D eigenvalue weighted by molar-refractivity contribution is 0.519. The lowest BCUT2D eigenvalue weighted by Gasteiger charge is -2.10. The Morgan fingerprint density at radius 2 is 2.14 bits per heavy atom. The Kier molecular flexibility index (Phi) is 3.97. The third kappa shape index (κ3) is 2.78. The first kappa shape index (κ1) is 16.7. The first-order chi connectivity index (χ1) is 13.7. The van der Waals surface area contributed by atoms with E-state index in [1.54, 1.807) is 40.5 Å². The molecular weight excluding hydrogens is 392 g/mol. The van der Waals surface area contributed by atoms with Gasteiger partial charge in [0.05, 0.1) is 28.1 Å². The highest BCUT2D eigenvalue weighted by molar-refractivity contribution is 7.16. The maximum Gasteiger partial charge on any atom is 0.278 e. The fourth-order valence-electron chi connectivity index (χ4n) is 3.07. The van der Waals surface area contributed by atoms with Crippen LogP contribution >= 0.6 is 22.7 Å². The molecule has 2 aliphatic rings. The molecule has 6 nitrogen and oxygen atoms in total. The summed E-state index contributed by atoms with van der Waals surface area (Å²) in [4.78, 5) is 23.5. The molecule has 3 aromatic rings. The van der Waals surface area contributed by atoms with E-state index in [9.17, 15) is 10.1 Å². The van der Waals surface area contributed by atoms with Crippen LogP contribution in [0.5, 0.6) is 0 Å². The van der Waals surface area contributed by atoms with Crippen LogP contribution < -0.4 is 5.56 Å². The summed E-state index contributed by atoms with van der Waals surface area (Å²) in [6.07, 6.45) is 3.69. The minimum absolute atomic E-state index is 0.170. The van der Waals surface area contributed by atoms with Crippen molar-refractivity contribution in [1.82, 2.24) is 14.5 Å². The van der Waals surface area contributed by atoms with Gasteiger partial charge >= 0.3 is 0 Å². The zero-order chi connectivity index (χ0) is 19.1. The van der Waals surface area contributed by atoms with Crippen LogP contribution in [0.2, 0.25) is 0 Å². The zero-order valence-corrected chi connectivity index (χ0v) is 16.0. The summed E-state index contributed by atoms with van der Waals surface area (Å²) in [6.45, 7) is 0. The number of aromatic nitrogens is 3. The largest absolute Gasteiger partial charge is 0.469 e. The SMILES string of the molecule is N#Cc1ccc(-c2[nH]c(-c3cccs3)cn3c(=O)c(Cc4ccco4)nc2-3)s1. The molecule has 0 bridgehead atoms. The second kappa shape index (κ2) is 6.64. The molecule has 0 aromatic carbocycles. The van der Waals surface area contributed by atoms with Crippen LogP contribution in [0, 0.1) is 11.3 Å². The van der Waals surface area contributed by atoms with Gasteiger partial charge in [0, 0.05) is 6.20 Å². The van der Waals surface area contributed by atoms with Gasteiger partial charge in [-0.3, -0.25) is 9.36 Å². The van der Waals surface area contributed by atoms with Crippen molar-refractivity contribution in [2.75, 3.05) is 0 Å². The van der Waals surface area contributed by atoms with Gasteiger partial charge in [-0.1, -0.05) is 6.07 Å². The molecule has 0 radical (unpaired) electrons. The Morgan fingerprint density at radius 3 is 2.86 bits per heavy atom. The summed E-state index contributed by atoms with van der Waals surface area (Å²) >= 11 is 2.95. The summed E-state index contributed by atoms with van der Waals surface area (Å²) < 4.78 is 6.95. The van der Waals surface area contributed by atoms with E-state index in [1.165, 1.54) is 11.3 Å². The lowest BCUT2D eigenvalue weighted by Crippen LogP contribution is -2.16. The number of nitrogens with zero attached hydrogens (tertiary/aromatic N) is 3. The minimum Gasteiger partial charge on any atom is -0.469 e. The number of rotatable bonds is 4. The topological polar surface area (TPSA) is 87.6 Å². The fraction of sp³-hybridized carbons (Fsp3) is 0.0500. The molecule has 0 spiro atoms. The molecule has 0 aliphatic carbocycles. The summed E-state index contributed by atoms with van der Waals surface area (Å²) in [5.41, 5.74) is 1.80. The molecule has 0 atom stereocenters. The molecule has 2 aliphatic heterocycles. The number of fused-ring (bicyclic) bond motifs is 1. The average Bonchev–Trinajstić information content (AvgIpc) is 3.51. The third-order valence-electron chi connectivity index (χ3n) is 4.35. The highest BCUT2D eigenvalue weighted by Crippen LogP contribution is 2.34. The van der Waals surface area contributed by atoms with Gasteiger partial charge in [0.25, 0.3) is 5.56 Å². The van der Waals surface area contributed by atoms with Gasteiger partial charge in [-0.2, -0.15) is 5.26 Å². The second-order valence-corrected chi connectivity index (χ2v) is 8.14. The number of nitriles is 1. The molecule has 1 N–H and O–H groups in total. The average molecular weight is 404 g/mol. The number of hydrogen-bond acceptors (Lipinski definition) is 6.